The first-order chi connectivity index (χ1) is 7.83. The molecule has 84 valence electrons. The summed E-state index contributed by atoms with van der Waals surface area (Å²) in [6.07, 6.45) is 2.95. The lowest BCUT2D eigenvalue weighted by Gasteiger charge is -1.96. The van der Waals surface area contributed by atoms with E-state index in [0.717, 1.165) is 30.7 Å². The summed E-state index contributed by atoms with van der Waals surface area (Å²) in [5.74, 6) is 1.41. The molecular weight excluding hydrogens is 200 g/mol. The molecule has 16 heavy (non-hydrogen) atoms. The van der Waals surface area contributed by atoms with Crippen molar-refractivity contribution in [3.8, 4) is 11.5 Å². The van der Waals surface area contributed by atoms with E-state index in [4.69, 9.17) is 4.52 Å². The third-order valence-corrected chi connectivity index (χ3v) is 2.55. The predicted molar refractivity (Wildman–Crippen MR) is 63.1 cm³/mol. The molecule has 0 atom stereocenters. The van der Waals surface area contributed by atoms with Gasteiger partial charge in [0.05, 0.1) is 0 Å². The predicted octanol–water partition coefficient (Wildman–Crippen LogP) is 3.25. The zero-order valence-electron chi connectivity index (χ0n) is 9.73. The maximum absolute atomic E-state index is 5.22. The summed E-state index contributed by atoms with van der Waals surface area (Å²) in [7, 11) is 0. The molecule has 2 rings (SSSR count). The molecule has 3 heteroatoms. The maximum atomic E-state index is 5.22. The van der Waals surface area contributed by atoms with Gasteiger partial charge in [-0.25, -0.2) is 0 Å². The van der Waals surface area contributed by atoms with Crippen LogP contribution < -0.4 is 0 Å². The summed E-state index contributed by atoms with van der Waals surface area (Å²) >= 11 is 0. The summed E-state index contributed by atoms with van der Waals surface area (Å²) in [4.78, 5) is 4.35. The highest BCUT2D eigenvalue weighted by Gasteiger charge is 2.07. The van der Waals surface area contributed by atoms with Crippen molar-refractivity contribution in [2.75, 3.05) is 0 Å². The second kappa shape index (κ2) is 4.92. The molecule has 3 nitrogen and oxygen atoms in total. The summed E-state index contributed by atoms with van der Waals surface area (Å²) in [5, 5.41) is 3.94. The van der Waals surface area contributed by atoms with Gasteiger partial charge in [0.2, 0.25) is 0 Å². The molecular formula is C13H16N2O. The molecule has 0 aliphatic carbocycles. The second-order valence-electron chi connectivity index (χ2n) is 3.82. The number of hydrogen-bond donors (Lipinski definition) is 0. The van der Waals surface area contributed by atoms with Gasteiger partial charge in [-0.15, -0.1) is 0 Å². The van der Waals surface area contributed by atoms with Crippen LogP contribution >= 0.6 is 0 Å². The van der Waals surface area contributed by atoms with Gasteiger partial charge in [0.1, 0.15) is 0 Å². The van der Waals surface area contributed by atoms with E-state index in [-0.39, 0.29) is 0 Å². The van der Waals surface area contributed by atoms with Crippen LogP contribution in [0.4, 0.5) is 0 Å². The highest BCUT2D eigenvalue weighted by Crippen LogP contribution is 2.18. The first kappa shape index (κ1) is 10.9. The number of nitrogens with zero attached hydrogens (tertiary/aromatic N) is 2. The Morgan fingerprint density at radius 1 is 1.12 bits per heavy atom. The lowest BCUT2D eigenvalue weighted by atomic mass is 10.1. The Labute approximate surface area is 95.5 Å². The molecule has 1 aromatic carbocycles. The fourth-order valence-corrected chi connectivity index (χ4v) is 1.58. The standard InChI is InChI=1S/C13H16N2O/c1-3-5-12-14-13(16-15-12)11-8-6-10(4-2)7-9-11/h6-9H,3-5H2,1-2H3. The van der Waals surface area contributed by atoms with Gasteiger partial charge in [-0.3, -0.25) is 0 Å². The second-order valence-corrected chi connectivity index (χ2v) is 3.82. The fraction of sp³-hybridized carbons (Fsp3) is 0.385. The van der Waals surface area contributed by atoms with Crippen molar-refractivity contribution in [2.45, 2.75) is 33.1 Å². The minimum Gasteiger partial charge on any atom is -0.334 e. The van der Waals surface area contributed by atoms with Crippen molar-refractivity contribution in [1.82, 2.24) is 10.1 Å². The van der Waals surface area contributed by atoms with E-state index in [1.165, 1.54) is 5.56 Å². The van der Waals surface area contributed by atoms with Crippen LogP contribution in [0.15, 0.2) is 28.8 Å². The van der Waals surface area contributed by atoms with E-state index in [1.807, 2.05) is 12.1 Å². The molecule has 0 unspecified atom stereocenters. The van der Waals surface area contributed by atoms with Gasteiger partial charge in [0.25, 0.3) is 5.89 Å². The van der Waals surface area contributed by atoms with Gasteiger partial charge in [-0.05, 0) is 30.5 Å². The Hall–Kier alpha value is -1.64. The van der Waals surface area contributed by atoms with Crippen molar-refractivity contribution >= 4 is 0 Å². The smallest absolute Gasteiger partial charge is 0.257 e. The number of aromatic nitrogens is 2. The molecule has 0 radical (unpaired) electrons. The van der Waals surface area contributed by atoms with Crippen molar-refractivity contribution in [3.05, 3.63) is 35.7 Å². The largest absolute Gasteiger partial charge is 0.334 e. The Morgan fingerprint density at radius 3 is 2.50 bits per heavy atom. The Balaban J connectivity index is 2.21. The van der Waals surface area contributed by atoms with Gasteiger partial charge in [-0.2, -0.15) is 4.98 Å². The van der Waals surface area contributed by atoms with E-state index in [2.05, 4.69) is 36.1 Å². The molecule has 0 saturated carbocycles. The van der Waals surface area contributed by atoms with Gasteiger partial charge >= 0.3 is 0 Å². The van der Waals surface area contributed by atoms with Crippen LogP contribution in [-0.2, 0) is 12.8 Å². The van der Waals surface area contributed by atoms with Crippen LogP contribution in [0, 0.1) is 0 Å². The van der Waals surface area contributed by atoms with E-state index < -0.39 is 0 Å². The lowest BCUT2D eigenvalue weighted by molar-refractivity contribution is 0.422. The summed E-state index contributed by atoms with van der Waals surface area (Å²) in [5.41, 5.74) is 2.31. The third kappa shape index (κ3) is 2.30. The first-order valence-corrected chi connectivity index (χ1v) is 5.75. The highest BCUT2D eigenvalue weighted by molar-refractivity contribution is 5.53. The molecule has 0 fully saturated rings. The van der Waals surface area contributed by atoms with Crippen molar-refractivity contribution in [1.29, 1.82) is 0 Å². The zero-order chi connectivity index (χ0) is 11.4. The number of rotatable bonds is 4. The fourth-order valence-electron chi connectivity index (χ4n) is 1.58. The van der Waals surface area contributed by atoms with E-state index in [0.29, 0.717) is 5.89 Å². The average Bonchev–Trinajstić information content (AvgIpc) is 2.78. The van der Waals surface area contributed by atoms with Gasteiger partial charge in [0.15, 0.2) is 5.82 Å². The Bertz CT molecular complexity index is 445. The monoisotopic (exact) mass is 216 g/mol. The van der Waals surface area contributed by atoms with Crippen LogP contribution in [0.25, 0.3) is 11.5 Å². The first-order valence-electron chi connectivity index (χ1n) is 5.75. The van der Waals surface area contributed by atoms with E-state index in [9.17, 15) is 0 Å². The lowest BCUT2D eigenvalue weighted by Crippen LogP contribution is -1.85. The molecule has 0 saturated heterocycles. The average molecular weight is 216 g/mol. The van der Waals surface area contributed by atoms with Crippen molar-refractivity contribution in [2.24, 2.45) is 0 Å². The molecule has 0 N–H and O–H groups in total. The molecule has 0 aliphatic rings. The minimum absolute atomic E-state index is 0.617. The summed E-state index contributed by atoms with van der Waals surface area (Å²) in [6.45, 7) is 4.24. The number of benzene rings is 1. The van der Waals surface area contributed by atoms with Gasteiger partial charge in [-0.1, -0.05) is 31.1 Å². The van der Waals surface area contributed by atoms with Crippen LogP contribution in [-0.4, -0.2) is 10.1 Å². The van der Waals surface area contributed by atoms with Crippen LogP contribution in [0.1, 0.15) is 31.7 Å². The van der Waals surface area contributed by atoms with Crippen LogP contribution in [0.2, 0.25) is 0 Å². The number of aryl methyl sites for hydroxylation is 2. The van der Waals surface area contributed by atoms with Crippen LogP contribution in [0.5, 0.6) is 0 Å². The maximum Gasteiger partial charge on any atom is 0.257 e. The van der Waals surface area contributed by atoms with E-state index in [1.54, 1.807) is 0 Å². The molecule has 0 aliphatic heterocycles. The van der Waals surface area contributed by atoms with Gasteiger partial charge < -0.3 is 4.52 Å². The zero-order valence-corrected chi connectivity index (χ0v) is 9.73. The molecule has 0 spiro atoms. The van der Waals surface area contributed by atoms with Crippen molar-refractivity contribution < 1.29 is 4.52 Å². The van der Waals surface area contributed by atoms with Crippen LogP contribution in [0.3, 0.4) is 0 Å². The molecule has 1 heterocycles. The molecule has 2 aromatic rings. The minimum atomic E-state index is 0.617. The summed E-state index contributed by atoms with van der Waals surface area (Å²) in [6, 6.07) is 8.25. The Kier molecular flexibility index (Phi) is 3.34. The van der Waals surface area contributed by atoms with E-state index >= 15 is 0 Å². The molecule has 0 bridgehead atoms. The molecule has 0 amide bonds. The highest BCUT2D eigenvalue weighted by atomic mass is 16.5. The quantitative estimate of drug-likeness (QED) is 0.787. The Morgan fingerprint density at radius 2 is 1.88 bits per heavy atom. The summed E-state index contributed by atoms with van der Waals surface area (Å²) < 4.78 is 5.22. The van der Waals surface area contributed by atoms with Crippen molar-refractivity contribution in [3.63, 3.8) is 0 Å². The van der Waals surface area contributed by atoms with Gasteiger partial charge in [0, 0.05) is 12.0 Å². The normalized spacial score (nSPS) is 10.6. The molecule has 1 aromatic heterocycles. The SMILES string of the molecule is CCCc1noc(-c2ccc(CC)cc2)n1. The third-order valence-electron chi connectivity index (χ3n) is 2.55. The number of hydrogen-bond acceptors (Lipinski definition) is 3. The topological polar surface area (TPSA) is 38.9 Å².